The summed E-state index contributed by atoms with van der Waals surface area (Å²) in [6, 6.07) is 1.14. The molecule has 98 valence electrons. The van der Waals surface area contributed by atoms with Crippen molar-refractivity contribution in [2.45, 2.75) is 39.2 Å². The van der Waals surface area contributed by atoms with Gasteiger partial charge in [-0.05, 0) is 32.9 Å². The third kappa shape index (κ3) is 10.6. The summed E-state index contributed by atoms with van der Waals surface area (Å²) in [7, 11) is -1.34. The van der Waals surface area contributed by atoms with E-state index in [2.05, 4.69) is 5.32 Å². The molecule has 0 aliphatic carbocycles. The summed E-state index contributed by atoms with van der Waals surface area (Å²) in [4.78, 5) is 0. The minimum Gasteiger partial charge on any atom is -0.397 e. The van der Waals surface area contributed by atoms with Crippen molar-refractivity contribution in [1.82, 2.24) is 5.32 Å². The second-order valence-electron chi connectivity index (χ2n) is 3.73. The first kappa shape index (κ1) is 16.1. The molecule has 4 nitrogen and oxygen atoms in total. The van der Waals surface area contributed by atoms with E-state index in [4.69, 9.17) is 14.6 Å². The molecule has 3 N–H and O–H groups in total. The second-order valence-corrected chi connectivity index (χ2v) is 5.83. The number of nitrogens with two attached hydrogens (primary N) is 1. The van der Waals surface area contributed by atoms with E-state index in [1.807, 2.05) is 13.8 Å². The Kier molecular flexibility index (Phi) is 13.2. The van der Waals surface area contributed by atoms with Crippen molar-refractivity contribution in [1.29, 1.82) is 0 Å². The Labute approximate surface area is 102 Å². The molecule has 0 heterocycles. The van der Waals surface area contributed by atoms with Gasteiger partial charge in [0.15, 0.2) is 0 Å². The minimum atomic E-state index is -1.34. The van der Waals surface area contributed by atoms with Gasteiger partial charge in [0.25, 0.3) is 0 Å². The molecule has 0 rings (SSSR count). The monoisotopic (exact) mass is 248 g/mol. The highest BCUT2D eigenvalue weighted by molar-refractivity contribution is 6.44. The lowest BCUT2D eigenvalue weighted by atomic mass is 10.2. The predicted molar refractivity (Wildman–Crippen MR) is 71.0 cm³/mol. The van der Waals surface area contributed by atoms with Crippen molar-refractivity contribution in [3.63, 3.8) is 0 Å². The molecule has 5 heteroatoms. The average Bonchev–Trinajstić information content (AvgIpc) is 2.28. The summed E-state index contributed by atoms with van der Waals surface area (Å²) < 4.78 is 11.2. The van der Waals surface area contributed by atoms with Gasteiger partial charge >= 0.3 is 9.28 Å². The van der Waals surface area contributed by atoms with E-state index in [0.717, 1.165) is 38.9 Å². The molecule has 0 aromatic carbocycles. The fourth-order valence-corrected chi connectivity index (χ4v) is 3.35. The Bertz CT molecular complexity index is 133. The first-order valence-electron chi connectivity index (χ1n) is 6.49. The molecule has 0 unspecified atom stereocenters. The third-order valence-electron chi connectivity index (χ3n) is 2.32. The lowest BCUT2D eigenvalue weighted by molar-refractivity contribution is 0.212. The van der Waals surface area contributed by atoms with E-state index in [1.54, 1.807) is 0 Å². The standard InChI is InChI=1S/C11H28N2O2Si/c1-3-14-16(15-4-2)11-7-5-6-9-13-10-8-12/h13,16H,3-12H2,1-2H3. The van der Waals surface area contributed by atoms with Crippen LogP contribution >= 0.6 is 0 Å². The van der Waals surface area contributed by atoms with E-state index < -0.39 is 9.28 Å². The largest absolute Gasteiger partial charge is 0.397 e. The third-order valence-corrected chi connectivity index (χ3v) is 4.61. The van der Waals surface area contributed by atoms with Crippen LogP contribution in [0.25, 0.3) is 0 Å². The molecule has 0 bridgehead atoms. The van der Waals surface area contributed by atoms with E-state index >= 15 is 0 Å². The summed E-state index contributed by atoms with van der Waals surface area (Å²) in [6.45, 7) is 8.38. The quantitative estimate of drug-likeness (QED) is 0.400. The molecule has 0 amide bonds. The number of hydrogen-bond acceptors (Lipinski definition) is 4. The molecule has 16 heavy (non-hydrogen) atoms. The van der Waals surface area contributed by atoms with Gasteiger partial charge < -0.3 is 19.9 Å². The normalized spacial score (nSPS) is 11.2. The van der Waals surface area contributed by atoms with E-state index in [0.29, 0.717) is 0 Å². The maximum Gasteiger partial charge on any atom is 0.321 e. The molecule has 0 aromatic rings. The van der Waals surface area contributed by atoms with Crippen LogP contribution in [0.15, 0.2) is 0 Å². The predicted octanol–water partition coefficient (Wildman–Crippen LogP) is 0.999. The molecule has 0 aliphatic heterocycles. The summed E-state index contributed by atoms with van der Waals surface area (Å²) in [5.74, 6) is 0. The zero-order chi connectivity index (χ0) is 12.1. The highest BCUT2D eigenvalue weighted by Crippen LogP contribution is 2.06. The van der Waals surface area contributed by atoms with Crippen molar-refractivity contribution >= 4 is 9.28 Å². The molecular formula is C11H28N2O2Si. The molecule has 0 saturated heterocycles. The molecule has 0 spiro atoms. The van der Waals surface area contributed by atoms with Crippen LogP contribution in [-0.2, 0) is 8.85 Å². The van der Waals surface area contributed by atoms with Crippen molar-refractivity contribution in [3.05, 3.63) is 0 Å². The van der Waals surface area contributed by atoms with Gasteiger partial charge in [0, 0.05) is 26.3 Å². The Hall–Kier alpha value is 0.0569. The van der Waals surface area contributed by atoms with Crippen molar-refractivity contribution in [3.8, 4) is 0 Å². The van der Waals surface area contributed by atoms with Crippen LogP contribution in [0.2, 0.25) is 6.04 Å². The summed E-state index contributed by atoms with van der Waals surface area (Å²) in [6.07, 6.45) is 3.70. The molecule has 0 radical (unpaired) electrons. The van der Waals surface area contributed by atoms with Gasteiger partial charge in [0.1, 0.15) is 0 Å². The summed E-state index contributed by atoms with van der Waals surface area (Å²) >= 11 is 0. The van der Waals surface area contributed by atoms with Gasteiger partial charge in [-0.15, -0.1) is 0 Å². The Morgan fingerprint density at radius 1 is 1.00 bits per heavy atom. The number of hydrogen-bond donors (Lipinski definition) is 2. The lowest BCUT2D eigenvalue weighted by Gasteiger charge is -2.14. The lowest BCUT2D eigenvalue weighted by Crippen LogP contribution is -2.24. The van der Waals surface area contributed by atoms with Crippen LogP contribution in [0.5, 0.6) is 0 Å². The summed E-state index contributed by atoms with van der Waals surface area (Å²) in [5.41, 5.74) is 5.39. The van der Waals surface area contributed by atoms with Crippen LogP contribution < -0.4 is 11.1 Å². The summed E-state index contributed by atoms with van der Waals surface area (Å²) in [5, 5.41) is 3.30. The van der Waals surface area contributed by atoms with Gasteiger partial charge in [0.05, 0.1) is 0 Å². The van der Waals surface area contributed by atoms with Gasteiger partial charge in [-0.2, -0.15) is 0 Å². The van der Waals surface area contributed by atoms with Crippen molar-refractivity contribution < 1.29 is 8.85 Å². The highest BCUT2D eigenvalue weighted by Gasteiger charge is 2.10. The zero-order valence-corrected chi connectivity index (χ0v) is 12.0. The molecule has 0 aromatic heterocycles. The van der Waals surface area contributed by atoms with Crippen LogP contribution in [0.3, 0.4) is 0 Å². The molecule has 0 atom stereocenters. The molecule has 0 saturated carbocycles. The second kappa shape index (κ2) is 13.1. The molecule has 0 fully saturated rings. The minimum absolute atomic E-state index is 0.726. The smallest absolute Gasteiger partial charge is 0.321 e. The average molecular weight is 248 g/mol. The highest BCUT2D eigenvalue weighted by atomic mass is 28.3. The van der Waals surface area contributed by atoms with Gasteiger partial charge in [-0.1, -0.05) is 12.8 Å². The Morgan fingerprint density at radius 2 is 1.69 bits per heavy atom. The van der Waals surface area contributed by atoms with Crippen molar-refractivity contribution in [2.24, 2.45) is 5.73 Å². The van der Waals surface area contributed by atoms with Crippen LogP contribution in [0, 0.1) is 0 Å². The zero-order valence-electron chi connectivity index (χ0n) is 10.8. The number of rotatable bonds is 12. The van der Waals surface area contributed by atoms with Gasteiger partial charge in [-0.3, -0.25) is 0 Å². The first-order valence-corrected chi connectivity index (χ1v) is 8.25. The first-order chi connectivity index (χ1) is 7.85. The fraction of sp³-hybridized carbons (Fsp3) is 1.00. The maximum atomic E-state index is 5.61. The topological polar surface area (TPSA) is 56.5 Å². The van der Waals surface area contributed by atoms with Crippen LogP contribution in [0.1, 0.15) is 33.1 Å². The van der Waals surface area contributed by atoms with Crippen LogP contribution in [-0.4, -0.2) is 42.1 Å². The Morgan fingerprint density at radius 3 is 2.25 bits per heavy atom. The number of unbranched alkanes of at least 4 members (excludes halogenated alkanes) is 2. The molecular weight excluding hydrogens is 220 g/mol. The van der Waals surface area contributed by atoms with Gasteiger partial charge in [-0.25, -0.2) is 0 Å². The molecule has 0 aliphatic rings. The van der Waals surface area contributed by atoms with E-state index in [-0.39, 0.29) is 0 Å². The Balaban J connectivity index is 3.25. The fourth-order valence-electron chi connectivity index (χ4n) is 1.55. The van der Waals surface area contributed by atoms with E-state index in [9.17, 15) is 0 Å². The van der Waals surface area contributed by atoms with Crippen LogP contribution in [0.4, 0.5) is 0 Å². The maximum absolute atomic E-state index is 5.61. The SMILES string of the molecule is CCO[SiH](CCCCCNCCN)OCC. The van der Waals surface area contributed by atoms with Crippen molar-refractivity contribution in [2.75, 3.05) is 32.8 Å². The number of nitrogens with one attached hydrogen (secondary N) is 1. The van der Waals surface area contributed by atoms with Gasteiger partial charge in [0.2, 0.25) is 0 Å². The van der Waals surface area contributed by atoms with E-state index in [1.165, 1.54) is 19.3 Å².